The minimum absolute atomic E-state index is 0.176. The SMILES string of the molecule is COC(=O)CCN(CCCN(CCC(=O)OC)CCC(=O)OC)CCC(=O)OC.COC(=O)CCN(CCCN)CCC(=O)OC.COC(=O)CCNCCCN.COC(=O)CCNCCCN(CCC(=O)OC)CCC(=O)OC.COC(=O)CCNCCCNCCC(=O)OC. The summed E-state index contributed by atoms with van der Waals surface area (Å²) >= 11 is 0. The molecule has 0 bridgehead atoms. The molecular formula is C63H122N10O24. The minimum Gasteiger partial charge on any atom is -0.469 e. The number of rotatable bonds is 54. The van der Waals surface area contributed by atoms with Gasteiger partial charge < -0.3 is 109 Å². The van der Waals surface area contributed by atoms with Crippen LogP contribution in [-0.4, -0.2) is 321 Å². The molecule has 0 aromatic heterocycles. The smallest absolute Gasteiger partial charge is 0.306 e. The molecule has 0 aliphatic heterocycles. The summed E-state index contributed by atoms with van der Waals surface area (Å²) in [5.74, 6) is -3.12. The van der Waals surface area contributed by atoms with E-state index in [1.165, 1.54) is 85.3 Å². The highest BCUT2D eigenvalue weighted by Crippen LogP contribution is 2.05. The van der Waals surface area contributed by atoms with Crippen molar-refractivity contribution in [2.24, 2.45) is 11.5 Å². The van der Waals surface area contributed by atoms with Crippen molar-refractivity contribution in [1.29, 1.82) is 0 Å². The molecule has 97 heavy (non-hydrogen) atoms. The van der Waals surface area contributed by atoms with E-state index in [9.17, 15) is 57.5 Å². The summed E-state index contributed by atoms with van der Waals surface area (Å²) in [6, 6.07) is 0. The van der Waals surface area contributed by atoms with E-state index in [0.29, 0.717) is 143 Å². The maximum atomic E-state index is 11.4. The molecule has 0 saturated heterocycles. The van der Waals surface area contributed by atoms with E-state index in [4.69, 9.17) is 11.5 Å². The number of ether oxygens (including phenoxy) is 12. The number of methoxy groups -OCH3 is 12. The van der Waals surface area contributed by atoms with Crippen molar-refractivity contribution in [3.63, 3.8) is 0 Å². The van der Waals surface area contributed by atoms with Gasteiger partial charge in [-0.05, 0) is 97.6 Å². The fraction of sp³-hybridized carbons (Fsp3) is 0.810. The highest BCUT2D eigenvalue weighted by Gasteiger charge is 2.16. The lowest BCUT2D eigenvalue weighted by atomic mass is 10.2. The number of hydrogen-bond acceptors (Lipinski definition) is 34. The van der Waals surface area contributed by atoms with Crippen LogP contribution in [-0.2, 0) is 114 Å². The zero-order valence-corrected chi connectivity index (χ0v) is 60.3. The van der Waals surface area contributed by atoms with Crippen molar-refractivity contribution in [1.82, 2.24) is 40.9 Å². The predicted molar refractivity (Wildman–Crippen MR) is 358 cm³/mol. The molecule has 0 aliphatic carbocycles. The van der Waals surface area contributed by atoms with Crippen molar-refractivity contribution in [2.75, 3.05) is 229 Å². The summed E-state index contributed by atoms with van der Waals surface area (Å²) in [5.41, 5.74) is 10.7. The van der Waals surface area contributed by atoms with Gasteiger partial charge in [0, 0.05) is 78.5 Å². The van der Waals surface area contributed by atoms with Crippen molar-refractivity contribution in [2.45, 2.75) is 109 Å². The van der Waals surface area contributed by atoms with Crippen LogP contribution >= 0.6 is 0 Å². The van der Waals surface area contributed by atoms with E-state index < -0.39 is 0 Å². The Bertz CT molecular complexity index is 1910. The van der Waals surface area contributed by atoms with Gasteiger partial charge in [-0.1, -0.05) is 0 Å². The molecule has 0 saturated carbocycles. The van der Waals surface area contributed by atoms with Crippen LogP contribution in [0.4, 0.5) is 0 Å². The number of nitrogens with one attached hydrogen (secondary N) is 4. The molecule has 0 fully saturated rings. The third-order valence-electron chi connectivity index (χ3n) is 13.5. The summed E-state index contributed by atoms with van der Waals surface area (Å²) in [6.07, 6.45) is 7.98. The standard InChI is InChI=1S/C19H34N2O8.C15H28N2O6.2C11H22N2O4.C7H16N2O2/c1-26-16(22)6-12-20(13-7-17(23)27-2)10-5-11-21(14-8-18(24)28-3)15-9-19(25)29-4;1-21-13(18)5-9-16-8-4-10-17(11-6-14(19)22-2)12-7-15(20)23-3;1-16-10(14)4-8-13(7-3-6-12)9-5-11(15)17-2;1-16-10(14)4-8-12-6-3-7-13-9-5-11(15)17-2;1-11-7(10)3-6-9-5-2-4-8/h5-15H2,1-4H3;16H,4-12H2,1-3H3;3-9,12H2,1-2H3;12-13H,3-9H2,1-2H3;9H,2-6,8H2,1H3. The lowest BCUT2D eigenvalue weighted by molar-refractivity contribution is -0.143. The summed E-state index contributed by atoms with van der Waals surface area (Å²) in [6.45, 7) is 13.9. The Kier molecular flexibility index (Phi) is 76.5. The molecule has 0 radical (unpaired) electrons. The number of carbonyl (C=O) groups is 12. The summed E-state index contributed by atoms with van der Waals surface area (Å²) in [4.78, 5) is 141. The second-order valence-corrected chi connectivity index (χ2v) is 20.6. The normalized spacial score (nSPS) is 10.3. The molecule has 0 aliphatic rings. The van der Waals surface area contributed by atoms with Crippen molar-refractivity contribution in [3.05, 3.63) is 0 Å². The van der Waals surface area contributed by atoms with Gasteiger partial charge in [0.1, 0.15) is 0 Å². The molecule has 0 heterocycles. The number of esters is 12. The maximum absolute atomic E-state index is 11.4. The van der Waals surface area contributed by atoms with Crippen LogP contribution < -0.4 is 32.7 Å². The Hall–Kier alpha value is -6.76. The molecule has 0 unspecified atom stereocenters. The van der Waals surface area contributed by atoms with Gasteiger partial charge in [-0.15, -0.1) is 0 Å². The Morgan fingerprint density at radius 1 is 0.206 bits per heavy atom. The van der Waals surface area contributed by atoms with Crippen LogP contribution in [0.15, 0.2) is 0 Å². The summed E-state index contributed by atoms with van der Waals surface area (Å²) in [5, 5.41) is 12.5. The molecular weight excluding hydrogens is 1280 g/mol. The van der Waals surface area contributed by atoms with E-state index in [1.807, 2.05) is 19.6 Å². The zero-order valence-electron chi connectivity index (χ0n) is 60.3. The van der Waals surface area contributed by atoms with Gasteiger partial charge >= 0.3 is 71.6 Å². The Balaban J connectivity index is -0.000000376. The first-order chi connectivity index (χ1) is 46.5. The average molecular weight is 1400 g/mol. The van der Waals surface area contributed by atoms with Crippen LogP contribution in [0.25, 0.3) is 0 Å². The molecule has 0 rings (SSSR count). The highest BCUT2D eigenvalue weighted by molar-refractivity contribution is 5.73. The van der Waals surface area contributed by atoms with Crippen molar-refractivity contribution in [3.8, 4) is 0 Å². The van der Waals surface area contributed by atoms with E-state index >= 15 is 0 Å². The quantitative estimate of drug-likeness (QED) is 0.0245. The van der Waals surface area contributed by atoms with E-state index in [2.05, 4.69) is 78.1 Å². The Morgan fingerprint density at radius 3 is 0.567 bits per heavy atom. The van der Waals surface area contributed by atoms with Gasteiger partial charge in [0.05, 0.1) is 162 Å². The van der Waals surface area contributed by atoms with E-state index in [-0.39, 0.29) is 110 Å². The average Bonchev–Trinajstić information content (AvgIpc) is 3.51. The van der Waals surface area contributed by atoms with E-state index in [1.54, 1.807) is 0 Å². The lowest BCUT2D eigenvalue weighted by Gasteiger charge is -2.25. The number of nitrogens with two attached hydrogens (primary N) is 2. The highest BCUT2D eigenvalue weighted by atomic mass is 16.6. The van der Waals surface area contributed by atoms with Gasteiger partial charge in [-0.2, -0.15) is 0 Å². The lowest BCUT2D eigenvalue weighted by Crippen LogP contribution is -2.35. The topological polar surface area (TPSA) is 429 Å². The zero-order chi connectivity index (χ0) is 74.1. The fourth-order valence-corrected chi connectivity index (χ4v) is 7.65. The largest absolute Gasteiger partial charge is 0.469 e. The van der Waals surface area contributed by atoms with Gasteiger partial charge in [0.2, 0.25) is 0 Å². The molecule has 568 valence electrons. The van der Waals surface area contributed by atoms with Crippen LogP contribution in [0.5, 0.6) is 0 Å². The minimum atomic E-state index is -0.314. The van der Waals surface area contributed by atoms with E-state index in [0.717, 1.165) is 71.4 Å². The van der Waals surface area contributed by atoms with Gasteiger partial charge in [-0.3, -0.25) is 57.5 Å². The first-order valence-corrected chi connectivity index (χ1v) is 32.5. The second-order valence-electron chi connectivity index (χ2n) is 20.6. The van der Waals surface area contributed by atoms with Gasteiger partial charge in [0.25, 0.3) is 0 Å². The molecule has 34 heteroatoms. The first kappa shape index (κ1) is 98.9. The predicted octanol–water partition coefficient (Wildman–Crippen LogP) is -0.877. The van der Waals surface area contributed by atoms with Gasteiger partial charge in [0.15, 0.2) is 0 Å². The number of carbonyl (C=O) groups excluding carboxylic acids is 12. The molecule has 0 aromatic carbocycles. The first-order valence-electron chi connectivity index (χ1n) is 32.5. The van der Waals surface area contributed by atoms with Crippen molar-refractivity contribution < 1.29 is 114 Å². The number of nitrogens with zero attached hydrogens (tertiary/aromatic N) is 4. The monoisotopic (exact) mass is 1400 g/mol. The Morgan fingerprint density at radius 2 is 0.371 bits per heavy atom. The Labute approximate surface area is 575 Å². The molecule has 0 aromatic rings. The maximum Gasteiger partial charge on any atom is 0.306 e. The summed E-state index contributed by atoms with van der Waals surface area (Å²) in [7, 11) is 16.3. The molecule has 0 spiro atoms. The molecule has 34 nitrogen and oxygen atoms in total. The third kappa shape index (κ3) is 74.9. The van der Waals surface area contributed by atoms with Crippen LogP contribution in [0.3, 0.4) is 0 Å². The fourth-order valence-electron chi connectivity index (χ4n) is 7.65. The number of hydrogen-bond donors (Lipinski definition) is 6. The summed E-state index contributed by atoms with van der Waals surface area (Å²) < 4.78 is 55.1. The molecule has 0 amide bonds. The van der Waals surface area contributed by atoms with Crippen LogP contribution in [0.2, 0.25) is 0 Å². The van der Waals surface area contributed by atoms with Crippen LogP contribution in [0.1, 0.15) is 109 Å². The van der Waals surface area contributed by atoms with Crippen molar-refractivity contribution >= 4 is 71.6 Å². The molecule has 8 N–H and O–H groups in total. The van der Waals surface area contributed by atoms with Crippen LogP contribution in [0, 0.1) is 0 Å². The van der Waals surface area contributed by atoms with Gasteiger partial charge in [-0.25, -0.2) is 0 Å². The third-order valence-corrected chi connectivity index (χ3v) is 13.5. The second kappa shape index (κ2) is 75.0. The molecule has 0 atom stereocenters.